The van der Waals surface area contributed by atoms with Crippen LogP contribution in [0.25, 0.3) is 94.3 Å². The summed E-state index contributed by atoms with van der Waals surface area (Å²) in [6.07, 6.45) is -4.64. The van der Waals surface area contributed by atoms with Crippen molar-refractivity contribution in [3.05, 3.63) is 314 Å². The fourth-order valence-corrected chi connectivity index (χ4v) is 13.8. The first-order valence-electron chi connectivity index (χ1n) is 29.9. The van der Waals surface area contributed by atoms with E-state index in [1.165, 1.54) is 28.5 Å². The Morgan fingerprint density at radius 1 is 0.348 bits per heavy atom. The Morgan fingerprint density at radius 2 is 0.787 bits per heavy atom. The molecular formula is C81H52BF3N4. The number of hydrogen-bond acceptors (Lipinski definition) is 3. The van der Waals surface area contributed by atoms with Crippen LogP contribution >= 0.6 is 0 Å². The molecule has 13 aromatic carbocycles. The maximum atomic E-state index is 15.1. The van der Waals surface area contributed by atoms with Crippen LogP contribution in [0.15, 0.2) is 297 Å². The van der Waals surface area contributed by atoms with Crippen molar-refractivity contribution in [1.29, 1.82) is 5.26 Å². The van der Waals surface area contributed by atoms with Crippen LogP contribution in [0.4, 0.5) is 47.3 Å². The second kappa shape index (κ2) is 21.2. The molecule has 0 amide bonds. The van der Waals surface area contributed by atoms with Crippen LogP contribution in [0, 0.1) is 18.3 Å². The molecule has 0 N–H and O–H groups in total. The third kappa shape index (κ3) is 9.09. The molecule has 8 heteroatoms. The number of fused-ring (bicyclic) bond motifs is 7. The zero-order valence-corrected chi connectivity index (χ0v) is 48.3. The van der Waals surface area contributed by atoms with Gasteiger partial charge in [0.1, 0.15) is 0 Å². The van der Waals surface area contributed by atoms with E-state index < -0.39 is 11.7 Å². The molecule has 0 spiro atoms. The summed E-state index contributed by atoms with van der Waals surface area (Å²) in [7, 11) is 0. The number of rotatable bonds is 9. The minimum atomic E-state index is -4.64. The first-order valence-corrected chi connectivity index (χ1v) is 29.9. The highest BCUT2D eigenvalue weighted by molar-refractivity contribution is 7.00. The van der Waals surface area contributed by atoms with E-state index in [9.17, 15) is 5.26 Å². The Hall–Kier alpha value is -11.4. The van der Waals surface area contributed by atoms with Gasteiger partial charge in [-0.05, 0) is 176 Å². The molecule has 14 aromatic rings. The van der Waals surface area contributed by atoms with E-state index in [-0.39, 0.29) is 17.8 Å². The highest BCUT2D eigenvalue weighted by Crippen LogP contribution is 2.49. The molecule has 2 aliphatic heterocycles. The fraction of sp³-hybridized carbons (Fsp3) is 0.0247. The van der Waals surface area contributed by atoms with Crippen molar-refractivity contribution in [2.75, 3.05) is 9.80 Å². The van der Waals surface area contributed by atoms with Gasteiger partial charge in [-0.15, -0.1) is 0 Å². The number of aryl methyl sites for hydroxylation is 1. The molecule has 0 bridgehead atoms. The van der Waals surface area contributed by atoms with Crippen molar-refractivity contribution < 1.29 is 13.2 Å². The largest absolute Gasteiger partial charge is 0.417 e. The number of para-hydroxylation sites is 1. The maximum absolute atomic E-state index is 15.1. The third-order valence-electron chi connectivity index (χ3n) is 17.9. The van der Waals surface area contributed by atoms with Crippen molar-refractivity contribution in [2.24, 2.45) is 0 Å². The molecule has 4 nitrogen and oxygen atoms in total. The van der Waals surface area contributed by atoms with E-state index in [2.05, 4.69) is 251 Å². The minimum Gasteiger partial charge on any atom is -0.311 e. The van der Waals surface area contributed by atoms with Crippen molar-refractivity contribution in [1.82, 2.24) is 4.57 Å². The highest BCUT2D eigenvalue weighted by Gasteiger charge is 2.44. The lowest BCUT2D eigenvalue weighted by molar-refractivity contribution is -0.137. The molecule has 0 atom stereocenters. The predicted molar refractivity (Wildman–Crippen MR) is 362 cm³/mol. The van der Waals surface area contributed by atoms with Crippen LogP contribution in [-0.4, -0.2) is 11.3 Å². The Bertz CT molecular complexity index is 4930. The molecule has 2 aliphatic rings. The summed E-state index contributed by atoms with van der Waals surface area (Å²) in [5.74, 6) is 0. The molecule has 0 unspecified atom stereocenters. The van der Waals surface area contributed by atoms with Gasteiger partial charge in [0.05, 0.1) is 33.9 Å². The maximum Gasteiger partial charge on any atom is 0.417 e. The molecule has 0 fully saturated rings. The van der Waals surface area contributed by atoms with Crippen LogP contribution in [0.5, 0.6) is 0 Å². The lowest BCUT2D eigenvalue weighted by Gasteiger charge is -2.44. The number of anilines is 6. The first-order chi connectivity index (χ1) is 43.6. The second-order valence-electron chi connectivity index (χ2n) is 23.1. The number of nitriles is 1. The minimum absolute atomic E-state index is 0.00771. The van der Waals surface area contributed by atoms with Crippen LogP contribution in [0.1, 0.15) is 16.7 Å². The SMILES string of the molecule is Cc1ccc(-c2cc(C#N)ccc2-n2c3ccccc3c3cc(-c4cc5c6c(c4)N(c4ccc(-c7ccccc7)cc4)c4ccc(-c7ccccc7)cc4B6c4cc(-c6ccccc6)ccc4N5c4ccc(-c5ccccc5)cc4)ccc32)c(C(F)(F)F)c1. The molecule has 0 saturated carbocycles. The summed E-state index contributed by atoms with van der Waals surface area (Å²) >= 11 is 0. The van der Waals surface area contributed by atoms with Crippen LogP contribution in [-0.2, 0) is 6.18 Å². The van der Waals surface area contributed by atoms with Crippen molar-refractivity contribution in [2.45, 2.75) is 13.1 Å². The average Bonchev–Trinajstić information content (AvgIpc) is 1.14. The van der Waals surface area contributed by atoms with Gasteiger partial charge >= 0.3 is 6.18 Å². The van der Waals surface area contributed by atoms with Gasteiger partial charge < -0.3 is 14.4 Å². The summed E-state index contributed by atoms with van der Waals surface area (Å²) in [6.45, 7) is 1.45. The monoisotopic (exact) mass is 1150 g/mol. The van der Waals surface area contributed by atoms with E-state index in [1.54, 1.807) is 31.2 Å². The van der Waals surface area contributed by atoms with E-state index in [1.807, 2.05) is 30.3 Å². The molecule has 0 radical (unpaired) electrons. The van der Waals surface area contributed by atoms with Gasteiger partial charge in [0.25, 0.3) is 6.71 Å². The smallest absolute Gasteiger partial charge is 0.311 e. The Morgan fingerprint density at radius 3 is 1.30 bits per heavy atom. The van der Waals surface area contributed by atoms with Crippen LogP contribution in [0.3, 0.4) is 0 Å². The molecule has 1 aromatic heterocycles. The Balaban J connectivity index is 0.966. The van der Waals surface area contributed by atoms with E-state index in [0.717, 1.165) is 112 Å². The molecular weight excluding hydrogens is 1100 g/mol. The third-order valence-corrected chi connectivity index (χ3v) is 17.9. The van der Waals surface area contributed by atoms with Gasteiger partial charge in [-0.3, -0.25) is 0 Å². The number of hydrogen-bond donors (Lipinski definition) is 0. The van der Waals surface area contributed by atoms with Crippen LogP contribution in [0.2, 0.25) is 0 Å². The number of benzene rings is 13. The quantitative estimate of drug-likeness (QED) is 0.135. The highest BCUT2D eigenvalue weighted by atomic mass is 19.4. The molecule has 420 valence electrons. The summed E-state index contributed by atoms with van der Waals surface area (Å²) < 4.78 is 47.3. The summed E-state index contributed by atoms with van der Waals surface area (Å²) in [5, 5.41) is 12.1. The average molecular weight is 1150 g/mol. The van der Waals surface area contributed by atoms with Crippen molar-refractivity contribution in [3.8, 4) is 78.5 Å². The number of halogens is 3. The number of alkyl halides is 3. The van der Waals surface area contributed by atoms with Gasteiger partial charge in [-0.2, -0.15) is 18.4 Å². The fourth-order valence-electron chi connectivity index (χ4n) is 13.8. The first kappa shape index (κ1) is 53.1. The zero-order chi connectivity index (χ0) is 59.9. The molecule has 89 heavy (non-hydrogen) atoms. The standard InChI is InChI=1S/C81H52BF3N4/c1-52-26-39-66(70(44-52)81(83,84)85)68-45-53(51-86)27-40-74(68)89-73-25-15-14-24-67(73)69-46-60(32-41-75(69)89)63-49-78-80-79(50-63)88(65-37-30-59(31-38-65)55-18-8-3-9-19-55)77-43-34-62(57-22-12-5-13-23-57)48-72(77)82(80)71-47-61(56-20-10-4-11-21-56)33-42-76(71)87(78)64-35-28-58(29-36-64)54-16-6-2-7-17-54/h2-50H,1H3. The molecule has 16 rings (SSSR count). The summed E-state index contributed by atoms with van der Waals surface area (Å²) in [6, 6.07) is 105. The summed E-state index contributed by atoms with van der Waals surface area (Å²) in [4.78, 5) is 4.91. The van der Waals surface area contributed by atoms with Gasteiger partial charge in [0.2, 0.25) is 0 Å². The topological polar surface area (TPSA) is 35.2 Å². The zero-order valence-electron chi connectivity index (χ0n) is 48.3. The van der Waals surface area contributed by atoms with Crippen molar-refractivity contribution in [3.63, 3.8) is 0 Å². The van der Waals surface area contributed by atoms with E-state index in [4.69, 9.17) is 0 Å². The van der Waals surface area contributed by atoms with E-state index >= 15 is 13.2 Å². The lowest BCUT2D eigenvalue weighted by Crippen LogP contribution is -2.61. The number of nitrogens with zero attached hydrogens (tertiary/aromatic N) is 4. The van der Waals surface area contributed by atoms with Crippen LogP contribution < -0.4 is 26.2 Å². The summed E-state index contributed by atoms with van der Waals surface area (Å²) in [5.41, 5.74) is 23.3. The molecule has 0 saturated heterocycles. The van der Waals surface area contributed by atoms with E-state index in [0.29, 0.717) is 16.8 Å². The lowest BCUT2D eigenvalue weighted by atomic mass is 9.33. The van der Waals surface area contributed by atoms with Gasteiger partial charge in [0.15, 0.2) is 0 Å². The second-order valence-corrected chi connectivity index (χ2v) is 23.1. The predicted octanol–water partition coefficient (Wildman–Crippen LogP) is 20.1. The Labute approximate surface area is 514 Å². The Kier molecular flexibility index (Phi) is 12.7. The van der Waals surface area contributed by atoms with Gasteiger partial charge in [-0.1, -0.05) is 212 Å². The number of aromatic nitrogens is 1. The molecule has 0 aliphatic carbocycles. The van der Waals surface area contributed by atoms with Crippen molar-refractivity contribution >= 4 is 79.0 Å². The van der Waals surface area contributed by atoms with Gasteiger partial charge in [0, 0.05) is 50.5 Å². The van der Waals surface area contributed by atoms with Gasteiger partial charge in [-0.25, -0.2) is 0 Å². The molecule has 3 heterocycles. The normalized spacial score (nSPS) is 12.4.